The van der Waals surface area contributed by atoms with Crippen molar-refractivity contribution in [3.05, 3.63) is 59.4 Å². The Morgan fingerprint density at radius 3 is 2.60 bits per heavy atom. The van der Waals surface area contributed by atoms with Crippen molar-refractivity contribution in [2.24, 2.45) is 5.14 Å². The van der Waals surface area contributed by atoms with Crippen LogP contribution in [0, 0.1) is 12.7 Å². The zero-order valence-electron chi connectivity index (χ0n) is 10.8. The SMILES string of the molecule is Cc1cccc(COc2ccc(F)cc2S(N)(=O)=O)c1. The summed E-state index contributed by atoms with van der Waals surface area (Å²) in [7, 11) is -4.03. The lowest BCUT2D eigenvalue weighted by Crippen LogP contribution is -2.14. The van der Waals surface area contributed by atoms with Crippen molar-refractivity contribution in [3.8, 4) is 5.75 Å². The molecule has 6 heteroatoms. The number of sulfonamides is 1. The van der Waals surface area contributed by atoms with E-state index in [1.54, 1.807) is 0 Å². The Morgan fingerprint density at radius 2 is 1.95 bits per heavy atom. The topological polar surface area (TPSA) is 69.4 Å². The summed E-state index contributed by atoms with van der Waals surface area (Å²) in [5.41, 5.74) is 1.95. The van der Waals surface area contributed by atoms with Crippen molar-refractivity contribution in [1.29, 1.82) is 0 Å². The zero-order chi connectivity index (χ0) is 14.8. The molecule has 0 bridgehead atoms. The van der Waals surface area contributed by atoms with Crippen LogP contribution in [-0.2, 0) is 16.6 Å². The quantitative estimate of drug-likeness (QED) is 0.941. The minimum Gasteiger partial charge on any atom is -0.487 e. The molecular formula is C14H14FNO3S. The lowest BCUT2D eigenvalue weighted by Gasteiger charge is -2.10. The second-order valence-corrected chi connectivity index (χ2v) is 5.94. The van der Waals surface area contributed by atoms with Gasteiger partial charge in [-0.3, -0.25) is 0 Å². The van der Waals surface area contributed by atoms with Gasteiger partial charge in [-0.2, -0.15) is 0 Å². The highest BCUT2D eigenvalue weighted by Crippen LogP contribution is 2.24. The van der Waals surface area contributed by atoms with Gasteiger partial charge in [0, 0.05) is 0 Å². The maximum Gasteiger partial charge on any atom is 0.241 e. The molecule has 0 aromatic heterocycles. The molecule has 0 spiro atoms. The van der Waals surface area contributed by atoms with Gasteiger partial charge in [0.15, 0.2) is 0 Å². The van der Waals surface area contributed by atoms with Gasteiger partial charge in [-0.1, -0.05) is 29.8 Å². The second kappa shape index (κ2) is 5.60. The van der Waals surface area contributed by atoms with E-state index >= 15 is 0 Å². The van der Waals surface area contributed by atoms with Crippen LogP contribution >= 0.6 is 0 Å². The van der Waals surface area contributed by atoms with Gasteiger partial charge in [-0.05, 0) is 30.7 Å². The van der Waals surface area contributed by atoms with E-state index in [1.165, 1.54) is 6.07 Å². The number of nitrogens with two attached hydrogens (primary N) is 1. The van der Waals surface area contributed by atoms with Crippen LogP contribution in [0.4, 0.5) is 4.39 Å². The van der Waals surface area contributed by atoms with E-state index < -0.39 is 15.8 Å². The van der Waals surface area contributed by atoms with Crippen molar-refractivity contribution in [3.63, 3.8) is 0 Å². The largest absolute Gasteiger partial charge is 0.487 e. The average molecular weight is 295 g/mol. The molecule has 0 saturated heterocycles. The highest BCUT2D eigenvalue weighted by molar-refractivity contribution is 7.89. The Labute approximate surface area is 117 Å². The molecule has 0 unspecified atom stereocenters. The first-order valence-electron chi connectivity index (χ1n) is 5.87. The molecular weight excluding hydrogens is 281 g/mol. The van der Waals surface area contributed by atoms with Crippen LogP contribution in [0.5, 0.6) is 5.75 Å². The van der Waals surface area contributed by atoms with Gasteiger partial charge in [-0.15, -0.1) is 0 Å². The van der Waals surface area contributed by atoms with Crippen molar-refractivity contribution in [1.82, 2.24) is 0 Å². The molecule has 20 heavy (non-hydrogen) atoms. The lowest BCUT2D eigenvalue weighted by atomic mass is 10.1. The fraction of sp³-hybridized carbons (Fsp3) is 0.143. The monoisotopic (exact) mass is 295 g/mol. The maximum atomic E-state index is 13.1. The number of primary sulfonamides is 1. The Kier molecular flexibility index (Phi) is 4.06. The van der Waals surface area contributed by atoms with Crippen molar-refractivity contribution < 1.29 is 17.5 Å². The van der Waals surface area contributed by atoms with Gasteiger partial charge >= 0.3 is 0 Å². The Balaban J connectivity index is 2.26. The summed E-state index contributed by atoms with van der Waals surface area (Å²) in [5.74, 6) is -0.646. The zero-order valence-corrected chi connectivity index (χ0v) is 11.7. The average Bonchev–Trinajstić information content (AvgIpc) is 2.36. The third-order valence-electron chi connectivity index (χ3n) is 2.69. The fourth-order valence-corrected chi connectivity index (χ4v) is 2.47. The second-order valence-electron chi connectivity index (χ2n) is 4.41. The molecule has 0 radical (unpaired) electrons. The van der Waals surface area contributed by atoms with E-state index in [0.29, 0.717) is 0 Å². The van der Waals surface area contributed by atoms with Crippen LogP contribution in [0.1, 0.15) is 11.1 Å². The number of aryl methyl sites for hydroxylation is 1. The van der Waals surface area contributed by atoms with Gasteiger partial charge in [0.2, 0.25) is 10.0 Å². The normalized spacial score (nSPS) is 11.3. The highest BCUT2D eigenvalue weighted by Gasteiger charge is 2.16. The fourth-order valence-electron chi connectivity index (χ4n) is 1.79. The smallest absolute Gasteiger partial charge is 0.241 e. The number of benzene rings is 2. The molecule has 2 rings (SSSR count). The van der Waals surface area contributed by atoms with Crippen molar-refractivity contribution >= 4 is 10.0 Å². The molecule has 2 N–H and O–H groups in total. The third kappa shape index (κ3) is 3.55. The molecule has 106 valence electrons. The number of hydrogen-bond acceptors (Lipinski definition) is 3. The molecule has 0 heterocycles. The standard InChI is InChI=1S/C14H14FNO3S/c1-10-3-2-4-11(7-10)9-19-13-6-5-12(15)8-14(13)20(16,17)18/h2-8H,9H2,1H3,(H2,16,17,18). The third-order valence-corrected chi connectivity index (χ3v) is 3.62. The molecule has 0 atom stereocenters. The molecule has 2 aromatic carbocycles. The first kappa shape index (κ1) is 14.5. The Morgan fingerprint density at radius 1 is 1.20 bits per heavy atom. The number of ether oxygens (including phenoxy) is 1. The van der Waals surface area contributed by atoms with E-state index in [2.05, 4.69) is 0 Å². The van der Waals surface area contributed by atoms with E-state index in [-0.39, 0.29) is 17.3 Å². The van der Waals surface area contributed by atoms with E-state index in [9.17, 15) is 12.8 Å². The summed E-state index contributed by atoms with van der Waals surface area (Å²) in [6.45, 7) is 2.12. The summed E-state index contributed by atoms with van der Waals surface area (Å²) in [6, 6.07) is 10.8. The minimum absolute atomic E-state index is 0.0374. The molecule has 0 aliphatic heterocycles. The molecule has 2 aromatic rings. The first-order valence-corrected chi connectivity index (χ1v) is 7.41. The Bertz CT molecular complexity index is 729. The Hall–Kier alpha value is -1.92. The van der Waals surface area contributed by atoms with Crippen molar-refractivity contribution in [2.45, 2.75) is 18.4 Å². The summed E-state index contributed by atoms with van der Waals surface area (Å²) in [5, 5.41) is 5.05. The van der Waals surface area contributed by atoms with E-state index in [4.69, 9.17) is 9.88 Å². The summed E-state index contributed by atoms with van der Waals surface area (Å²) >= 11 is 0. The van der Waals surface area contributed by atoms with Gasteiger partial charge in [0.25, 0.3) is 0 Å². The maximum absolute atomic E-state index is 13.1. The van der Waals surface area contributed by atoms with Crippen LogP contribution in [0.2, 0.25) is 0 Å². The van der Waals surface area contributed by atoms with Gasteiger partial charge in [0.1, 0.15) is 23.1 Å². The van der Waals surface area contributed by atoms with Crippen LogP contribution in [0.15, 0.2) is 47.4 Å². The van der Waals surface area contributed by atoms with Crippen LogP contribution in [0.25, 0.3) is 0 Å². The predicted octanol–water partition coefficient (Wildman–Crippen LogP) is 2.36. The summed E-state index contributed by atoms with van der Waals surface area (Å²) < 4.78 is 41.4. The van der Waals surface area contributed by atoms with E-state index in [0.717, 1.165) is 23.3 Å². The lowest BCUT2D eigenvalue weighted by molar-refractivity contribution is 0.297. The predicted molar refractivity (Wildman–Crippen MR) is 73.3 cm³/mol. The van der Waals surface area contributed by atoms with Gasteiger partial charge in [-0.25, -0.2) is 17.9 Å². The van der Waals surface area contributed by atoms with Crippen LogP contribution in [-0.4, -0.2) is 8.42 Å². The molecule has 0 aliphatic rings. The van der Waals surface area contributed by atoms with Gasteiger partial charge < -0.3 is 4.74 Å². The van der Waals surface area contributed by atoms with E-state index in [1.807, 2.05) is 31.2 Å². The number of halogens is 1. The minimum atomic E-state index is -4.03. The van der Waals surface area contributed by atoms with Crippen LogP contribution in [0.3, 0.4) is 0 Å². The van der Waals surface area contributed by atoms with Gasteiger partial charge in [0.05, 0.1) is 0 Å². The first-order chi connectivity index (χ1) is 9.36. The molecule has 0 amide bonds. The number of rotatable bonds is 4. The molecule has 0 aliphatic carbocycles. The van der Waals surface area contributed by atoms with Crippen molar-refractivity contribution in [2.75, 3.05) is 0 Å². The molecule has 0 saturated carbocycles. The summed E-state index contributed by atoms with van der Waals surface area (Å²) in [6.07, 6.45) is 0. The van der Waals surface area contributed by atoms with Crippen LogP contribution < -0.4 is 9.88 Å². The number of hydrogen-bond donors (Lipinski definition) is 1. The highest BCUT2D eigenvalue weighted by atomic mass is 32.2. The summed E-state index contributed by atoms with van der Waals surface area (Å²) in [4.78, 5) is -0.356. The molecule has 0 fully saturated rings. The molecule has 4 nitrogen and oxygen atoms in total.